The summed E-state index contributed by atoms with van der Waals surface area (Å²) in [6.07, 6.45) is 2.54. The zero-order valence-electron chi connectivity index (χ0n) is 15.9. The van der Waals surface area contributed by atoms with Crippen LogP contribution >= 0.6 is 0 Å². The highest BCUT2D eigenvalue weighted by atomic mass is 16.2. The van der Waals surface area contributed by atoms with Crippen molar-refractivity contribution in [1.29, 1.82) is 0 Å². The van der Waals surface area contributed by atoms with Gasteiger partial charge in [0.05, 0.1) is 0 Å². The summed E-state index contributed by atoms with van der Waals surface area (Å²) in [5.74, 6) is 0.0815. The lowest BCUT2D eigenvalue weighted by molar-refractivity contribution is 0.0734. The minimum Gasteiger partial charge on any atom is -0.372 e. The second kappa shape index (κ2) is 7.35. The van der Waals surface area contributed by atoms with Gasteiger partial charge in [0.1, 0.15) is 0 Å². The maximum absolute atomic E-state index is 13.0. The monoisotopic (exact) mass is 360 g/mol. The van der Waals surface area contributed by atoms with Crippen LogP contribution in [-0.4, -0.2) is 40.4 Å². The third kappa shape index (κ3) is 3.37. The van der Waals surface area contributed by atoms with Crippen LogP contribution in [0.4, 0.5) is 5.69 Å². The molecule has 1 amide bonds. The normalized spacial score (nSPS) is 13.5. The Morgan fingerprint density at radius 1 is 1.15 bits per heavy atom. The maximum atomic E-state index is 13.0. The van der Waals surface area contributed by atoms with Gasteiger partial charge in [-0.3, -0.25) is 4.79 Å². The summed E-state index contributed by atoms with van der Waals surface area (Å²) in [5, 5.41) is 1.02. The van der Waals surface area contributed by atoms with Crippen LogP contribution in [0.15, 0.2) is 48.7 Å². The molecule has 0 bridgehead atoms. The zero-order valence-corrected chi connectivity index (χ0v) is 15.9. The first-order chi connectivity index (χ1) is 13.2. The first-order valence-corrected chi connectivity index (χ1v) is 9.57. The minimum absolute atomic E-state index is 0.0815. The predicted molar refractivity (Wildman–Crippen MR) is 108 cm³/mol. The average Bonchev–Trinajstić information content (AvgIpc) is 2.72. The van der Waals surface area contributed by atoms with Gasteiger partial charge in [0.2, 0.25) is 0 Å². The van der Waals surface area contributed by atoms with Crippen LogP contribution in [-0.2, 0) is 13.0 Å². The van der Waals surface area contributed by atoms with Crippen LogP contribution in [0, 0.1) is 0 Å². The van der Waals surface area contributed by atoms with Gasteiger partial charge in [0.25, 0.3) is 5.91 Å². The fourth-order valence-corrected chi connectivity index (χ4v) is 3.72. The summed E-state index contributed by atoms with van der Waals surface area (Å²) in [7, 11) is 0. The summed E-state index contributed by atoms with van der Waals surface area (Å²) < 4.78 is 0. The number of aromatic nitrogens is 2. The van der Waals surface area contributed by atoms with Gasteiger partial charge in [-0.1, -0.05) is 0 Å². The van der Waals surface area contributed by atoms with Crippen molar-refractivity contribution >= 4 is 22.6 Å². The molecule has 2 aromatic heterocycles. The molecule has 0 radical (unpaired) electrons. The van der Waals surface area contributed by atoms with E-state index in [1.54, 1.807) is 6.20 Å². The highest BCUT2D eigenvalue weighted by molar-refractivity contribution is 5.94. The molecule has 0 saturated carbocycles. The summed E-state index contributed by atoms with van der Waals surface area (Å²) in [6, 6.07) is 14.0. The molecule has 1 aromatic carbocycles. The van der Waals surface area contributed by atoms with Crippen LogP contribution in [0.1, 0.15) is 35.5 Å². The fourth-order valence-electron chi connectivity index (χ4n) is 3.72. The van der Waals surface area contributed by atoms with E-state index in [9.17, 15) is 4.79 Å². The van der Waals surface area contributed by atoms with Crippen molar-refractivity contribution in [3.05, 3.63) is 65.5 Å². The molecular formula is C22H24N4O. The van der Waals surface area contributed by atoms with E-state index in [0.29, 0.717) is 13.1 Å². The van der Waals surface area contributed by atoms with Crippen LogP contribution in [0.25, 0.3) is 11.0 Å². The number of nitrogens with zero attached hydrogens (tertiary/aromatic N) is 4. The molecule has 3 heterocycles. The molecule has 0 aliphatic carbocycles. The third-order valence-corrected chi connectivity index (χ3v) is 5.27. The predicted octanol–water partition coefficient (Wildman–Crippen LogP) is 3.67. The molecule has 1 aliphatic rings. The lowest BCUT2D eigenvalue weighted by atomic mass is 10.0. The van der Waals surface area contributed by atoms with Crippen molar-refractivity contribution in [2.45, 2.75) is 26.8 Å². The number of fused-ring (bicyclic) bond motifs is 2. The highest BCUT2D eigenvalue weighted by Gasteiger charge is 2.23. The van der Waals surface area contributed by atoms with E-state index in [0.717, 1.165) is 53.1 Å². The van der Waals surface area contributed by atoms with Gasteiger partial charge in [0, 0.05) is 61.1 Å². The SMILES string of the molecule is CCN(CC)c1ccc(C(=O)N2CCc3nc4ncccc4cc3C2)cc1. The van der Waals surface area contributed by atoms with E-state index in [1.165, 1.54) is 0 Å². The van der Waals surface area contributed by atoms with Gasteiger partial charge in [-0.15, -0.1) is 0 Å². The standard InChI is InChI=1S/C22H24N4O/c1-3-25(4-2)19-9-7-16(8-10-19)22(27)26-13-11-20-18(15-26)14-17-6-5-12-23-21(17)24-20/h5-10,12,14H,3-4,11,13,15H2,1-2H3. The summed E-state index contributed by atoms with van der Waals surface area (Å²) in [4.78, 5) is 26.2. The Labute approximate surface area is 159 Å². The number of hydrogen-bond donors (Lipinski definition) is 0. The largest absolute Gasteiger partial charge is 0.372 e. The van der Waals surface area contributed by atoms with E-state index in [-0.39, 0.29) is 5.91 Å². The Hall–Kier alpha value is -2.95. The molecule has 5 heteroatoms. The van der Waals surface area contributed by atoms with Crippen molar-refractivity contribution in [3.63, 3.8) is 0 Å². The first kappa shape index (κ1) is 17.5. The van der Waals surface area contributed by atoms with E-state index in [2.05, 4.69) is 34.8 Å². The first-order valence-electron chi connectivity index (χ1n) is 9.57. The summed E-state index contributed by atoms with van der Waals surface area (Å²) >= 11 is 0. The van der Waals surface area contributed by atoms with Gasteiger partial charge in [0.15, 0.2) is 5.65 Å². The number of hydrogen-bond acceptors (Lipinski definition) is 4. The third-order valence-electron chi connectivity index (χ3n) is 5.27. The molecule has 0 saturated heterocycles. The lowest BCUT2D eigenvalue weighted by Crippen LogP contribution is -2.36. The molecule has 27 heavy (non-hydrogen) atoms. The molecule has 0 atom stereocenters. The molecule has 0 fully saturated rings. The number of pyridine rings is 2. The Bertz CT molecular complexity index is 964. The zero-order chi connectivity index (χ0) is 18.8. The second-order valence-electron chi connectivity index (χ2n) is 6.84. The smallest absolute Gasteiger partial charge is 0.254 e. The highest BCUT2D eigenvalue weighted by Crippen LogP contribution is 2.23. The van der Waals surface area contributed by atoms with Crippen LogP contribution in [0.2, 0.25) is 0 Å². The molecule has 0 N–H and O–H groups in total. The van der Waals surface area contributed by atoms with Gasteiger partial charge in [-0.2, -0.15) is 0 Å². The van der Waals surface area contributed by atoms with Gasteiger partial charge in [-0.05, 0) is 61.9 Å². The Kier molecular flexibility index (Phi) is 4.75. The number of anilines is 1. The second-order valence-corrected chi connectivity index (χ2v) is 6.84. The van der Waals surface area contributed by atoms with E-state index in [1.807, 2.05) is 41.3 Å². The minimum atomic E-state index is 0.0815. The van der Waals surface area contributed by atoms with Crippen LogP contribution in [0.3, 0.4) is 0 Å². The van der Waals surface area contributed by atoms with Crippen molar-refractivity contribution in [3.8, 4) is 0 Å². The quantitative estimate of drug-likeness (QED) is 0.712. The Balaban J connectivity index is 1.54. The summed E-state index contributed by atoms with van der Waals surface area (Å²) in [5.41, 5.74) is 4.86. The lowest BCUT2D eigenvalue weighted by Gasteiger charge is -2.29. The Morgan fingerprint density at radius 2 is 1.93 bits per heavy atom. The van der Waals surface area contributed by atoms with Crippen LogP contribution < -0.4 is 4.90 Å². The fraction of sp³-hybridized carbons (Fsp3) is 0.318. The van der Waals surface area contributed by atoms with Crippen LogP contribution in [0.5, 0.6) is 0 Å². The maximum Gasteiger partial charge on any atom is 0.254 e. The molecule has 1 aliphatic heterocycles. The molecule has 4 rings (SSSR count). The topological polar surface area (TPSA) is 49.3 Å². The van der Waals surface area contributed by atoms with E-state index < -0.39 is 0 Å². The van der Waals surface area contributed by atoms with E-state index >= 15 is 0 Å². The molecule has 0 spiro atoms. The van der Waals surface area contributed by atoms with Crippen molar-refractivity contribution in [2.75, 3.05) is 24.5 Å². The molecule has 138 valence electrons. The number of carbonyl (C=O) groups excluding carboxylic acids is 1. The van der Waals surface area contributed by atoms with Crippen molar-refractivity contribution in [2.24, 2.45) is 0 Å². The Morgan fingerprint density at radius 3 is 2.67 bits per heavy atom. The van der Waals surface area contributed by atoms with Gasteiger partial charge >= 0.3 is 0 Å². The molecule has 3 aromatic rings. The van der Waals surface area contributed by atoms with Crippen molar-refractivity contribution < 1.29 is 4.79 Å². The average molecular weight is 360 g/mol. The van der Waals surface area contributed by atoms with Gasteiger partial charge in [-0.25, -0.2) is 9.97 Å². The van der Waals surface area contributed by atoms with Crippen molar-refractivity contribution in [1.82, 2.24) is 14.9 Å². The molecule has 5 nitrogen and oxygen atoms in total. The molecular weight excluding hydrogens is 336 g/mol. The van der Waals surface area contributed by atoms with Gasteiger partial charge < -0.3 is 9.80 Å². The summed E-state index contributed by atoms with van der Waals surface area (Å²) in [6.45, 7) is 7.49. The number of benzene rings is 1. The molecule has 0 unspecified atom stereocenters. The van der Waals surface area contributed by atoms with E-state index in [4.69, 9.17) is 0 Å². The number of carbonyl (C=O) groups is 1. The number of amides is 1. The number of rotatable bonds is 4.